The molecule has 0 radical (unpaired) electrons. The normalized spacial score (nSPS) is 10.7. The number of amides is 1. The average Bonchev–Trinajstić information content (AvgIpc) is 3.08. The number of hydrogen-bond acceptors (Lipinski definition) is 7. The molecule has 1 aromatic carbocycles. The molecule has 2 aromatic rings. The zero-order chi connectivity index (χ0) is 19.8. The van der Waals surface area contributed by atoms with Gasteiger partial charge < -0.3 is 14.2 Å². The fourth-order valence-electron chi connectivity index (χ4n) is 2.40. The number of esters is 1. The molecule has 0 unspecified atom stereocenters. The Morgan fingerprint density at radius 2 is 2.04 bits per heavy atom. The van der Waals surface area contributed by atoms with Crippen molar-refractivity contribution in [1.82, 2.24) is 4.98 Å². The second kappa shape index (κ2) is 9.72. The van der Waals surface area contributed by atoms with E-state index in [1.54, 1.807) is 31.5 Å². The van der Waals surface area contributed by atoms with Crippen LogP contribution in [0.25, 0.3) is 6.08 Å². The van der Waals surface area contributed by atoms with Crippen LogP contribution in [0.3, 0.4) is 0 Å². The van der Waals surface area contributed by atoms with Gasteiger partial charge in [-0.15, -0.1) is 11.3 Å². The number of anilines is 1. The second-order valence-corrected chi connectivity index (χ2v) is 6.24. The van der Waals surface area contributed by atoms with Crippen molar-refractivity contribution in [1.29, 1.82) is 0 Å². The molecule has 0 aliphatic rings. The number of thiazole rings is 1. The standard InChI is InChI=1S/C19H22N2O5S/c1-5-7-12-8-13(9-15(24-3)17(12)25-4)18(23)21-19-20-14(11-27-19)10-16(22)26-6-2/h5,7-9,11H,6,10H2,1-4H3,(H,20,21,23)/b7-5+. The number of rotatable bonds is 8. The summed E-state index contributed by atoms with van der Waals surface area (Å²) in [5, 5.41) is 4.86. The number of ether oxygens (including phenoxy) is 3. The van der Waals surface area contributed by atoms with E-state index in [0.717, 1.165) is 5.56 Å². The Morgan fingerprint density at radius 3 is 2.67 bits per heavy atom. The lowest BCUT2D eigenvalue weighted by Gasteiger charge is -2.13. The molecule has 0 bridgehead atoms. The summed E-state index contributed by atoms with van der Waals surface area (Å²) >= 11 is 1.24. The fourth-order valence-corrected chi connectivity index (χ4v) is 3.11. The van der Waals surface area contributed by atoms with E-state index in [-0.39, 0.29) is 18.3 Å². The summed E-state index contributed by atoms with van der Waals surface area (Å²) in [6, 6.07) is 3.32. The summed E-state index contributed by atoms with van der Waals surface area (Å²) in [4.78, 5) is 28.4. The van der Waals surface area contributed by atoms with Gasteiger partial charge in [0.25, 0.3) is 5.91 Å². The van der Waals surface area contributed by atoms with Crippen LogP contribution in [0, 0.1) is 0 Å². The highest BCUT2D eigenvalue weighted by atomic mass is 32.1. The Morgan fingerprint density at radius 1 is 1.26 bits per heavy atom. The zero-order valence-corrected chi connectivity index (χ0v) is 16.5. The van der Waals surface area contributed by atoms with Crippen molar-refractivity contribution in [3.8, 4) is 11.5 Å². The zero-order valence-electron chi connectivity index (χ0n) is 15.7. The minimum absolute atomic E-state index is 0.0714. The number of hydrogen-bond donors (Lipinski definition) is 1. The van der Waals surface area contributed by atoms with Gasteiger partial charge in [0.2, 0.25) is 0 Å². The molecule has 1 amide bonds. The van der Waals surface area contributed by atoms with Gasteiger partial charge in [-0.2, -0.15) is 0 Å². The molecule has 0 fully saturated rings. The monoisotopic (exact) mass is 390 g/mol. The van der Waals surface area contributed by atoms with Crippen LogP contribution in [-0.4, -0.2) is 37.7 Å². The molecule has 8 heteroatoms. The van der Waals surface area contributed by atoms with Gasteiger partial charge in [0.15, 0.2) is 16.6 Å². The average molecular weight is 390 g/mol. The molecule has 0 aliphatic heterocycles. The van der Waals surface area contributed by atoms with Crippen LogP contribution in [0.4, 0.5) is 5.13 Å². The van der Waals surface area contributed by atoms with Gasteiger partial charge in [0.05, 0.1) is 32.9 Å². The smallest absolute Gasteiger partial charge is 0.311 e. The number of aromatic nitrogens is 1. The van der Waals surface area contributed by atoms with E-state index in [4.69, 9.17) is 14.2 Å². The first kappa shape index (κ1) is 20.4. The van der Waals surface area contributed by atoms with Gasteiger partial charge in [-0.05, 0) is 26.0 Å². The first-order chi connectivity index (χ1) is 13.0. The molecule has 2 rings (SSSR count). The van der Waals surface area contributed by atoms with Crippen LogP contribution >= 0.6 is 11.3 Å². The molecule has 1 heterocycles. The molecular formula is C19H22N2O5S. The number of allylic oxidation sites excluding steroid dienone is 1. The number of benzene rings is 1. The molecule has 0 atom stereocenters. The highest BCUT2D eigenvalue weighted by Crippen LogP contribution is 2.34. The molecular weight excluding hydrogens is 368 g/mol. The predicted octanol–water partition coefficient (Wildman–Crippen LogP) is 3.55. The predicted molar refractivity (Wildman–Crippen MR) is 105 cm³/mol. The minimum Gasteiger partial charge on any atom is -0.493 e. The molecule has 7 nitrogen and oxygen atoms in total. The molecule has 1 N–H and O–H groups in total. The van der Waals surface area contributed by atoms with E-state index in [2.05, 4.69) is 10.3 Å². The van der Waals surface area contributed by atoms with Crippen LogP contribution in [0.15, 0.2) is 23.6 Å². The van der Waals surface area contributed by atoms with Gasteiger partial charge in [0.1, 0.15) is 0 Å². The van der Waals surface area contributed by atoms with Gasteiger partial charge in [-0.3, -0.25) is 14.9 Å². The number of nitrogens with one attached hydrogen (secondary N) is 1. The summed E-state index contributed by atoms with van der Waals surface area (Å²) in [6.45, 7) is 3.94. The first-order valence-corrected chi connectivity index (χ1v) is 9.20. The molecule has 0 spiro atoms. The SMILES string of the molecule is C/C=C/c1cc(C(=O)Nc2nc(CC(=O)OCC)cs2)cc(OC)c1OC. The molecule has 1 aromatic heterocycles. The summed E-state index contributed by atoms with van der Waals surface area (Å²) in [5.74, 6) is 0.328. The van der Waals surface area contributed by atoms with Crippen molar-refractivity contribution < 1.29 is 23.8 Å². The molecule has 0 aliphatic carbocycles. The third-order valence-corrected chi connectivity index (χ3v) is 4.33. The van der Waals surface area contributed by atoms with Crippen LogP contribution < -0.4 is 14.8 Å². The molecule has 27 heavy (non-hydrogen) atoms. The van der Waals surface area contributed by atoms with Crippen molar-refractivity contribution in [2.45, 2.75) is 20.3 Å². The highest BCUT2D eigenvalue weighted by molar-refractivity contribution is 7.14. The summed E-state index contributed by atoms with van der Waals surface area (Å²) in [7, 11) is 3.06. The third-order valence-electron chi connectivity index (χ3n) is 3.52. The van der Waals surface area contributed by atoms with E-state index in [1.165, 1.54) is 18.4 Å². The quantitative estimate of drug-likeness (QED) is 0.694. The van der Waals surface area contributed by atoms with Gasteiger partial charge in [0, 0.05) is 16.5 Å². The first-order valence-electron chi connectivity index (χ1n) is 8.32. The lowest BCUT2D eigenvalue weighted by molar-refractivity contribution is -0.142. The Kier molecular flexibility index (Phi) is 7.36. The van der Waals surface area contributed by atoms with E-state index >= 15 is 0 Å². The van der Waals surface area contributed by atoms with Crippen molar-refractivity contribution in [2.24, 2.45) is 0 Å². The molecule has 0 saturated carbocycles. The summed E-state index contributed by atoms with van der Waals surface area (Å²) < 4.78 is 15.6. The number of methoxy groups -OCH3 is 2. The Balaban J connectivity index is 2.19. The third kappa shape index (κ3) is 5.30. The van der Waals surface area contributed by atoms with E-state index in [1.807, 2.05) is 19.1 Å². The maximum Gasteiger partial charge on any atom is 0.311 e. The lowest BCUT2D eigenvalue weighted by Crippen LogP contribution is -2.13. The highest BCUT2D eigenvalue weighted by Gasteiger charge is 2.16. The maximum absolute atomic E-state index is 12.6. The van der Waals surface area contributed by atoms with Crippen molar-refractivity contribution in [3.63, 3.8) is 0 Å². The number of carbonyl (C=O) groups is 2. The summed E-state index contributed by atoms with van der Waals surface area (Å²) in [6.07, 6.45) is 3.75. The number of nitrogens with zero attached hydrogens (tertiary/aromatic N) is 1. The van der Waals surface area contributed by atoms with E-state index in [0.29, 0.717) is 34.5 Å². The van der Waals surface area contributed by atoms with Crippen LogP contribution in [0.1, 0.15) is 35.5 Å². The minimum atomic E-state index is -0.350. The maximum atomic E-state index is 12.6. The summed E-state index contributed by atoms with van der Waals surface area (Å²) in [5.41, 5.74) is 1.69. The van der Waals surface area contributed by atoms with Crippen LogP contribution in [0.2, 0.25) is 0 Å². The molecule has 0 saturated heterocycles. The Bertz CT molecular complexity index is 845. The fraction of sp³-hybridized carbons (Fsp3) is 0.316. The Hall–Kier alpha value is -2.87. The van der Waals surface area contributed by atoms with Crippen molar-refractivity contribution in [2.75, 3.05) is 26.1 Å². The van der Waals surface area contributed by atoms with Crippen LogP contribution in [-0.2, 0) is 16.0 Å². The number of carbonyl (C=O) groups excluding carboxylic acids is 2. The van der Waals surface area contributed by atoms with Crippen molar-refractivity contribution in [3.05, 3.63) is 40.4 Å². The largest absolute Gasteiger partial charge is 0.493 e. The van der Waals surface area contributed by atoms with E-state index in [9.17, 15) is 9.59 Å². The van der Waals surface area contributed by atoms with E-state index < -0.39 is 0 Å². The van der Waals surface area contributed by atoms with Gasteiger partial charge >= 0.3 is 5.97 Å². The van der Waals surface area contributed by atoms with Gasteiger partial charge in [-0.25, -0.2) is 4.98 Å². The lowest BCUT2D eigenvalue weighted by atomic mass is 10.1. The van der Waals surface area contributed by atoms with Crippen LogP contribution in [0.5, 0.6) is 11.5 Å². The Labute approximate surface area is 162 Å². The van der Waals surface area contributed by atoms with Crippen molar-refractivity contribution >= 4 is 34.4 Å². The second-order valence-electron chi connectivity index (χ2n) is 5.38. The molecule has 144 valence electrons. The van der Waals surface area contributed by atoms with Gasteiger partial charge in [-0.1, -0.05) is 12.2 Å². The topological polar surface area (TPSA) is 86.8 Å².